The zero-order chi connectivity index (χ0) is 17.8. The number of hydrogen-bond acceptors (Lipinski definition) is 4. The minimum Gasteiger partial charge on any atom is -0.376 e. The van der Waals surface area contributed by atoms with Gasteiger partial charge in [-0.15, -0.1) is 0 Å². The van der Waals surface area contributed by atoms with Crippen LogP contribution in [0.25, 0.3) is 0 Å². The summed E-state index contributed by atoms with van der Waals surface area (Å²) in [6, 6.07) is 0. The van der Waals surface area contributed by atoms with Crippen molar-refractivity contribution in [2.45, 2.75) is 57.6 Å². The van der Waals surface area contributed by atoms with Crippen LogP contribution in [0.5, 0.6) is 0 Å². The third kappa shape index (κ3) is 4.29. The number of nitrogens with zero attached hydrogens (tertiary/aromatic N) is 4. The molecule has 3 saturated heterocycles. The molecule has 0 bridgehead atoms. The highest BCUT2D eigenvalue weighted by molar-refractivity contribution is 5.77. The summed E-state index contributed by atoms with van der Waals surface area (Å²) < 4.78 is 7.92. The maximum atomic E-state index is 12.4. The smallest absolute Gasteiger partial charge is 0.222 e. The third-order valence-electron chi connectivity index (χ3n) is 6.56. The molecule has 1 unspecified atom stereocenters. The maximum Gasteiger partial charge on any atom is 0.222 e. The van der Waals surface area contributed by atoms with E-state index in [-0.39, 0.29) is 6.10 Å². The summed E-state index contributed by atoms with van der Waals surface area (Å²) in [5.41, 5.74) is 0.355. The van der Waals surface area contributed by atoms with E-state index in [0.29, 0.717) is 11.3 Å². The molecule has 6 heteroatoms. The number of carbonyl (C=O) groups excluding carboxylic acids is 1. The molecule has 1 spiro atoms. The maximum absolute atomic E-state index is 12.4. The van der Waals surface area contributed by atoms with Crippen LogP contribution in [0.15, 0.2) is 18.7 Å². The Morgan fingerprint density at radius 2 is 2.12 bits per heavy atom. The zero-order valence-electron chi connectivity index (χ0n) is 15.8. The number of rotatable bonds is 6. The molecule has 0 aromatic carbocycles. The van der Waals surface area contributed by atoms with Crippen molar-refractivity contribution in [2.24, 2.45) is 5.41 Å². The fraction of sp³-hybridized carbons (Fsp3) is 0.800. The van der Waals surface area contributed by atoms with Gasteiger partial charge in [-0.25, -0.2) is 4.98 Å². The van der Waals surface area contributed by atoms with Crippen molar-refractivity contribution in [3.8, 4) is 0 Å². The Bertz CT molecular complexity index is 575. The molecule has 1 atom stereocenters. The lowest BCUT2D eigenvalue weighted by atomic mass is 9.72. The number of ether oxygens (including phenoxy) is 1. The quantitative estimate of drug-likeness (QED) is 0.780. The van der Waals surface area contributed by atoms with Crippen LogP contribution >= 0.6 is 0 Å². The minimum atomic E-state index is 0.275. The van der Waals surface area contributed by atoms with Gasteiger partial charge in [-0.3, -0.25) is 4.79 Å². The van der Waals surface area contributed by atoms with Crippen LogP contribution in [0.1, 0.15) is 44.9 Å². The predicted molar refractivity (Wildman–Crippen MR) is 99.7 cm³/mol. The summed E-state index contributed by atoms with van der Waals surface area (Å²) >= 11 is 0. The van der Waals surface area contributed by atoms with Crippen LogP contribution in [0.3, 0.4) is 0 Å². The van der Waals surface area contributed by atoms with Gasteiger partial charge in [0.25, 0.3) is 0 Å². The largest absolute Gasteiger partial charge is 0.376 e. The predicted octanol–water partition coefficient (Wildman–Crippen LogP) is 2.16. The average Bonchev–Trinajstić information content (AvgIpc) is 3.34. The summed E-state index contributed by atoms with van der Waals surface area (Å²) in [5, 5.41) is 0. The molecule has 3 fully saturated rings. The van der Waals surface area contributed by atoms with Crippen molar-refractivity contribution >= 4 is 5.91 Å². The van der Waals surface area contributed by atoms with Crippen molar-refractivity contribution in [1.29, 1.82) is 0 Å². The SMILES string of the molecule is O=C1CCC2(CCN(CCCn3ccnc3)CC2)CN1CC1CCCO1. The van der Waals surface area contributed by atoms with E-state index >= 15 is 0 Å². The summed E-state index contributed by atoms with van der Waals surface area (Å²) in [5.74, 6) is 0.342. The molecule has 144 valence electrons. The molecule has 0 N–H and O–H groups in total. The Morgan fingerprint density at radius 1 is 1.23 bits per heavy atom. The number of piperidine rings is 2. The van der Waals surface area contributed by atoms with Gasteiger partial charge in [0, 0.05) is 45.1 Å². The highest BCUT2D eigenvalue weighted by Gasteiger charge is 2.41. The molecule has 1 aromatic heterocycles. The van der Waals surface area contributed by atoms with Gasteiger partial charge >= 0.3 is 0 Å². The number of carbonyl (C=O) groups is 1. The Morgan fingerprint density at radius 3 is 2.85 bits per heavy atom. The van der Waals surface area contributed by atoms with Crippen molar-refractivity contribution < 1.29 is 9.53 Å². The van der Waals surface area contributed by atoms with Crippen molar-refractivity contribution in [2.75, 3.05) is 39.3 Å². The fourth-order valence-corrected chi connectivity index (χ4v) is 4.86. The van der Waals surface area contributed by atoms with E-state index < -0.39 is 0 Å². The number of hydrogen-bond donors (Lipinski definition) is 0. The Balaban J connectivity index is 1.23. The van der Waals surface area contributed by atoms with Crippen LogP contribution in [0.2, 0.25) is 0 Å². The molecular weight excluding hydrogens is 328 g/mol. The summed E-state index contributed by atoms with van der Waals surface area (Å²) in [6.45, 7) is 7.19. The first-order chi connectivity index (χ1) is 12.7. The second-order valence-electron chi connectivity index (χ2n) is 8.40. The lowest BCUT2D eigenvalue weighted by Crippen LogP contribution is -2.53. The molecule has 4 heterocycles. The van der Waals surface area contributed by atoms with Gasteiger partial charge in [-0.1, -0.05) is 0 Å². The summed E-state index contributed by atoms with van der Waals surface area (Å²) in [4.78, 5) is 21.2. The molecule has 1 amide bonds. The average molecular weight is 361 g/mol. The van der Waals surface area contributed by atoms with E-state index in [9.17, 15) is 4.79 Å². The molecule has 0 saturated carbocycles. The Hall–Kier alpha value is -1.40. The molecule has 0 radical (unpaired) electrons. The van der Waals surface area contributed by atoms with Crippen LogP contribution in [0.4, 0.5) is 0 Å². The molecule has 3 aliphatic rings. The topological polar surface area (TPSA) is 50.6 Å². The summed E-state index contributed by atoms with van der Waals surface area (Å²) in [7, 11) is 0. The van der Waals surface area contributed by atoms with Crippen LogP contribution in [-0.2, 0) is 16.1 Å². The monoisotopic (exact) mass is 360 g/mol. The highest BCUT2D eigenvalue weighted by Crippen LogP contribution is 2.40. The number of amides is 1. The van der Waals surface area contributed by atoms with Crippen LogP contribution < -0.4 is 0 Å². The van der Waals surface area contributed by atoms with Crippen molar-refractivity contribution in [3.63, 3.8) is 0 Å². The Labute approximate surface area is 156 Å². The third-order valence-corrected chi connectivity index (χ3v) is 6.56. The standard InChI is InChI=1S/C20H32N4O2/c25-19-4-5-20(16-24(19)15-18-3-1-14-26-18)6-11-22(12-7-20)9-2-10-23-13-8-21-17-23/h8,13,17-18H,1-7,9-12,14-16H2. The lowest BCUT2D eigenvalue weighted by molar-refractivity contribution is -0.141. The van der Waals surface area contributed by atoms with Gasteiger partial charge in [0.15, 0.2) is 0 Å². The van der Waals surface area contributed by atoms with Gasteiger partial charge in [0.1, 0.15) is 0 Å². The van der Waals surface area contributed by atoms with Gasteiger partial charge in [-0.05, 0) is 63.6 Å². The van der Waals surface area contributed by atoms with E-state index in [0.717, 1.165) is 58.5 Å². The first-order valence-corrected chi connectivity index (χ1v) is 10.3. The second-order valence-corrected chi connectivity index (χ2v) is 8.40. The van der Waals surface area contributed by atoms with E-state index in [1.54, 1.807) is 0 Å². The van der Waals surface area contributed by atoms with Gasteiger partial charge in [0.05, 0.1) is 12.4 Å². The number of aromatic nitrogens is 2. The molecule has 3 aliphatic heterocycles. The minimum absolute atomic E-state index is 0.275. The second kappa shape index (κ2) is 8.09. The first-order valence-electron chi connectivity index (χ1n) is 10.3. The van der Waals surface area contributed by atoms with Crippen LogP contribution in [0, 0.1) is 5.41 Å². The van der Waals surface area contributed by atoms with Gasteiger partial charge in [-0.2, -0.15) is 0 Å². The number of aryl methyl sites for hydroxylation is 1. The molecule has 0 aliphatic carbocycles. The zero-order valence-corrected chi connectivity index (χ0v) is 15.8. The number of imidazole rings is 1. The molecule has 6 nitrogen and oxygen atoms in total. The molecule has 4 rings (SSSR count). The highest BCUT2D eigenvalue weighted by atomic mass is 16.5. The summed E-state index contributed by atoms with van der Waals surface area (Å²) in [6.07, 6.45) is 13.7. The fourth-order valence-electron chi connectivity index (χ4n) is 4.86. The first kappa shape index (κ1) is 18.0. The van der Waals surface area contributed by atoms with Gasteiger partial charge < -0.3 is 19.1 Å². The Kier molecular flexibility index (Phi) is 5.60. The van der Waals surface area contributed by atoms with E-state index in [2.05, 4.69) is 19.4 Å². The van der Waals surface area contributed by atoms with Crippen molar-refractivity contribution in [3.05, 3.63) is 18.7 Å². The van der Waals surface area contributed by atoms with Crippen molar-refractivity contribution in [1.82, 2.24) is 19.4 Å². The molecule has 1 aromatic rings. The lowest BCUT2D eigenvalue weighted by Gasteiger charge is -2.48. The molecular formula is C20H32N4O2. The number of likely N-dealkylation sites (tertiary alicyclic amines) is 2. The van der Waals surface area contributed by atoms with Crippen LogP contribution in [-0.4, -0.2) is 70.7 Å². The van der Waals surface area contributed by atoms with E-state index in [1.807, 2.05) is 18.7 Å². The van der Waals surface area contributed by atoms with E-state index in [4.69, 9.17) is 4.74 Å². The van der Waals surface area contributed by atoms with E-state index in [1.165, 1.54) is 32.4 Å². The van der Waals surface area contributed by atoms with Gasteiger partial charge in [0.2, 0.25) is 5.91 Å². The normalized spacial score (nSPS) is 26.7. The molecule has 26 heavy (non-hydrogen) atoms.